The Morgan fingerprint density at radius 2 is 1.72 bits per heavy atom. The quantitative estimate of drug-likeness (QED) is 0.274. The molecule has 5 aromatic rings. The molecule has 0 spiro atoms. The van der Waals surface area contributed by atoms with E-state index in [0.717, 1.165) is 10.3 Å². The van der Waals surface area contributed by atoms with Gasteiger partial charge in [-0.25, -0.2) is 13.4 Å². The molecule has 11 heteroatoms. The molecule has 3 heterocycles. The highest BCUT2D eigenvalue weighted by atomic mass is 32.2. The number of ether oxygens (including phenoxy) is 2. The Morgan fingerprint density at radius 1 is 0.974 bits per heavy atom. The van der Waals surface area contributed by atoms with Gasteiger partial charge in [0.25, 0.3) is 15.9 Å². The Hall–Kier alpha value is -4.48. The smallest absolute Gasteiger partial charge is 0.264 e. The van der Waals surface area contributed by atoms with Crippen molar-refractivity contribution in [2.75, 3.05) is 23.0 Å². The lowest BCUT2D eigenvalue weighted by Gasteiger charge is -2.21. The summed E-state index contributed by atoms with van der Waals surface area (Å²) in [6, 6.07) is 22.1. The number of pyridine rings is 1. The van der Waals surface area contributed by atoms with Gasteiger partial charge in [0.15, 0.2) is 16.6 Å². The molecule has 3 aromatic carbocycles. The molecule has 0 bridgehead atoms. The van der Waals surface area contributed by atoms with Crippen molar-refractivity contribution in [1.82, 2.24) is 9.97 Å². The van der Waals surface area contributed by atoms with E-state index in [-0.39, 0.29) is 24.1 Å². The lowest BCUT2D eigenvalue weighted by Crippen LogP contribution is -2.30. The molecule has 0 fully saturated rings. The van der Waals surface area contributed by atoms with Gasteiger partial charge in [-0.15, -0.1) is 0 Å². The first-order valence-corrected chi connectivity index (χ1v) is 14.2. The van der Waals surface area contributed by atoms with Crippen LogP contribution in [0.25, 0.3) is 10.2 Å². The zero-order valence-electron chi connectivity index (χ0n) is 20.7. The molecular weight excluding hydrogens is 536 g/mol. The number of rotatable bonds is 7. The fourth-order valence-corrected chi connectivity index (χ4v) is 6.35. The van der Waals surface area contributed by atoms with Crippen LogP contribution in [0.4, 0.5) is 10.8 Å². The Bertz CT molecular complexity index is 1720. The minimum absolute atomic E-state index is 0.0821. The molecule has 1 aliphatic heterocycles. The van der Waals surface area contributed by atoms with Gasteiger partial charge in [0, 0.05) is 37.1 Å². The predicted octanol–water partition coefficient (Wildman–Crippen LogP) is 5.09. The third-order valence-corrected chi connectivity index (χ3v) is 9.13. The van der Waals surface area contributed by atoms with Crippen LogP contribution in [0.15, 0.2) is 96.2 Å². The number of anilines is 2. The topological polar surface area (TPSA) is 102 Å². The Kier molecular flexibility index (Phi) is 6.37. The van der Waals surface area contributed by atoms with Crippen LogP contribution in [0.5, 0.6) is 11.5 Å². The zero-order chi connectivity index (χ0) is 27.0. The molecule has 0 unspecified atom stereocenters. The van der Waals surface area contributed by atoms with Crippen molar-refractivity contribution >= 4 is 48.3 Å². The number of thiazole rings is 1. The molecule has 6 rings (SSSR count). The maximum absolute atomic E-state index is 13.8. The van der Waals surface area contributed by atoms with E-state index < -0.39 is 10.0 Å². The summed E-state index contributed by atoms with van der Waals surface area (Å²) in [4.78, 5) is 24.3. The van der Waals surface area contributed by atoms with E-state index in [9.17, 15) is 13.2 Å². The van der Waals surface area contributed by atoms with Gasteiger partial charge in [-0.1, -0.05) is 35.6 Å². The monoisotopic (exact) mass is 558 g/mol. The van der Waals surface area contributed by atoms with Crippen molar-refractivity contribution in [2.24, 2.45) is 0 Å². The normalized spacial score (nSPS) is 12.4. The van der Waals surface area contributed by atoms with Crippen molar-refractivity contribution < 1.29 is 22.7 Å². The summed E-state index contributed by atoms with van der Waals surface area (Å²) in [6.45, 7) is 0.397. The molecule has 1 amide bonds. The Labute approximate surface area is 228 Å². The van der Waals surface area contributed by atoms with E-state index in [4.69, 9.17) is 14.5 Å². The van der Waals surface area contributed by atoms with E-state index >= 15 is 0 Å². The summed E-state index contributed by atoms with van der Waals surface area (Å²) < 4.78 is 39.4. The molecular formula is C28H22N4O5S2. The summed E-state index contributed by atoms with van der Waals surface area (Å²) in [5, 5.41) is 0.489. The number of hydrogen-bond donors (Lipinski definition) is 0. The van der Waals surface area contributed by atoms with Crippen LogP contribution in [0, 0.1) is 0 Å². The Balaban J connectivity index is 1.33. The Morgan fingerprint density at radius 3 is 2.44 bits per heavy atom. The predicted molar refractivity (Wildman–Crippen MR) is 149 cm³/mol. The highest BCUT2D eigenvalue weighted by Gasteiger charge is 2.26. The lowest BCUT2D eigenvalue weighted by molar-refractivity contribution is 0.0985. The summed E-state index contributed by atoms with van der Waals surface area (Å²) in [6.07, 6.45) is 3.36. The number of sulfonamides is 1. The van der Waals surface area contributed by atoms with Gasteiger partial charge < -0.3 is 9.47 Å². The summed E-state index contributed by atoms with van der Waals surface area (Å²) in [5.41, 5.74) is 2.38. The SMILES string of the molecule is CN(c1ccccc1)S(=O)(=O)c1ccc(C(=O)N(Cc2cccnc2)c2nc3cc4c(cc3s2)OCO4)cc1. The average molecular weight is 559 g/mol. The molecule has 0 atom stereocenters. The van der Waals surface area contributed by atoms with Crippen molar-refractivity contribution in [3.63, 3.8) is 0 Å². The first-order valence-electron chi connectivity index (χ1n) is 12.0. The fourth-order valence-electron chi connectivity index (χ4n) is 4.18. The van der Waals surface area contributed by atoms with Crippen molar-refractivity contribution in [3.8, 4) is 11.5 Å². The maximum atomic E-state index is 13.8. The fraction of sp³-hybridized carbons (Fsp3) is 0.107. The summed E-state index contributed by atoms with van der Waals surface area (Å²) >= 11 is 1.36. The standard InChI is InChI=1S/C28H22N4O5S2/c1-31(21-7-3-2-4-8-21)39(34,35)22-11-9-20(10-12-22)27(33)32(17-19-6-5-13-29-16-19)28-30-23-14-24-25(37-18-36-24)15-26(23)38-28/h2-16H,17-18H2,1H3. The van der Waals surface area contributed by atoms with Gasteiger partial charge in [-0.2, -0.15) is 0 Å². The van der Waals surface area contributed by atoms with Crippen LogP contribution in [0.3, 0.4) is 0 Å². The minimum Gasteiger partial charge on any atom is -0.454 e. The minimum atomic E-state index is -3.81. The van der Waals surface area contributed by atoms with E-state index in [2.05, 4.69) is 4.98 Å². The van der Waals surface area contributed by atoms with Crippen LogP contribution in [0.1, 0.15) is 15.9 Å². The van der Waals surface area contributed by atoms with Crippen LogP contribution >= 0.6 is 11.3 Å². The van der Waals surface area contributed by atoms with E-state index in [1.165, 1.54) is 47.0 Å². The van der Waals surface area contributed by atoms with Gasteiger partial charge in [-0.3, -0.25) is 19.0 Å². The molecule has 1 aliphatic rings. The number of amides is 1. The average Bonchev–Trinajstić information content (AvgIpc) is 3.61. The van der Waals surface area contributed by atoms with Gasteiger partial charge >= 0.3 is 0 Å². The third kappa shape index (κ3) is 4.77. The number of aromatic nitrogens is 2. The van der Waals surface area contributed by atoms with E-state index in [1.54, 1.807) is 53.7 Å². The number of fused-ring (bicyclic) bond motifs is 2. The molecule has 39 heavy (non-hydrogen) atoms. The molecule has 0 saturated heterocycles. The van der Waals surface area contributed by atoms with Crippen LogP contribution < -0.4 is 18.7 Å². The molecule has 0 aliphatic carbocycles. The number of benzene rings is 3. The van der Waals surface area contributed by atoms with E-state index in [1.807, 2.05) is 18.2 Å². The zero-order valence-corrected chi connectivity index (χ0v) is 22.4. The van der Waals surface area contributed by atoms with Gasteiger partial charge in [0.2, 0.25) is 6.79 Å². The molecule has 196 valence electrons. The third-order valence-electron chi connectivity index (χ3n) is 6.29. The highest BCUT2D eigenvalue weighted by Crippen LogP contribution is 2.40. The number of hydrogen-bond acceptors (Lipinski definition) is 8. The molecule has 9 nitrogen and oxygen atoms in total. The number of para-hydroxylation sites is 1. The second-order valence-electron chi connectivity index (χ2n) is 8.75. The van der Waals surface area contributed by atoms with E-state index in [0.29, 0.717) is 33.4 Å². The first kappa shape index (κ1) is 24.8. The number of carbonyl (C=O) groups excluding carboxylic acids is 1. The van der Waals surface area contributed by atoms with Gasteiger partial charge in [-0.05, 0) is 48.0 Å². The molecule has 0 saturated carbocycles. The van der Waals surface area contributed by atoms with Crippen LogP contribution in [0.2, 0.25) is 0 Å². The second-order valence-corrected chi connectivity index (χ2v) is 11.7. The molecule has 0 N–H and O–H groups in total. The van der Waals surface area contributed by atoms with Gasteiger partial charge in [0.1, 0.15) is 0 Å². The maximum Gasteiger partial charge on any atom is 0.264 e. The highest BCUT2D eigenvalue weighted by molar-refractivity contribution is 7.92. The summed E-state index contributed by atoms with van der Waals surface area (Å²) in [5.74, 6) is 0.931. The largest absolute Gasteiger partial charge is 0.454 e. The number of carbonyl (C=O) groups is 1. The van der Waals surface area contributed by atoms with Crippen molar-refractivity contribution in [2.45, 2.75) is 11.4 Å². The first-order chi connectivity index (χ1) is 18.9. The van der Waals surface area contributed by atoms with Crippen molar-refractivity contribution in [3.05, 3.63) is 102 Å². The molecule has 2 aromatic heterocycles. The number of nitrogens with zero attached hydrogens (tertiary/aromatic N) is 4. The second kappa shape index (κ2) is 10.0. The summed E-state index contributed by atoms with van der Waals surface area (Å²) in [7, 11) is -2.31. The van der Waals surface area contributed by atoms with Crippen LogP contribution in [-0.2, 0) is 16.6 Å². The van der Waals surface area contributed by atoms with Gasteiger partial charge in [0.05, 0.1) is 27.3 Å². The van der Waals surface area contributed by atoms with Crippen molar-refractivity contribution in [1.29, 1.82) is 0 Å². The lowest BCUT2D eigenvalue weighted by atomic mass is 10.2. The molecule has 0 radical (unpaired) electrons. The van der Waals surface area contributed by atoms with Crippen LogP contribution in [-0.4, -0.2) is 38.1 Å².